The number of benzene rings is 2. The van der Waals surface area contributed by atoms with Crippen molar-refractivity contribution in [2.45, 2.75) is 11.8 Å². The zero-order valence-corrected chi connectivity index (χ0v) is 12.1. The predicted octanol–water partition coefficient (Wildman–Crippen LogP) is 2.20. The van der Waals surface area contributed by atoms with Crippen LogP contribution in [0.15, 0.2) is 54.6 Å². The molecule has 0 aliphatic heterocycles. The molecule has 1 atom stereocenters. The van der Waals surface area contributed by atoms with Crippen molar-refractivity contribution in [3.8, 4) is 0 Å². The van der Waals surface area contributed by atoms with E-state index in [0.29, 0.717) is 0 Å². The van der Waals surface area contributed by atoms with Crippen LogP contribution in [-0.2, 0) is 6.42 Å². The fourth-order valence-corrected chi connectivity index (χ4v) is 3.18. The van der Waals surface area contributed by atoms with Crippen LogP contribution in [-0.4, -0.2) is 10.2 Å². The highest BCUT2D eigenvalue weighted by atomic mass is 35.5. The van der Waals surface area contributed by atoms with Crippen molar-refractivity contribution < 1.29 is 0 Å². The molecule has 0 aromatic heterocycles. The standard InChI is InChI=1S/C14H15ClSi/c15-13(10-11-6-2-1-3-7-11)12-8-4-5-9-14(12)16/h1-9,13H,10H2,16H3. The number of hydrogen-bond donors (Lipinski definition) is 0. The molecule has 1 unspecified atom stereocenters. The van der Waals surface area contributed by atoms with Gasteiger partial charge in [-0.05, 0) is 17.5 Å². The molecule has 2 rings (SSSR count). The van der Waals surface area contributed by atoms with E-state index in [9.17, 15) is 0 Å². The first-order valence-corrected chi connectivity index (χ1v) is 6.94. The van der Waals surface area contributed by atoms with E-state index in [4.69, 9.17) is 11.6 Å². The number of alkyl halides is 1. The minimum atomic E-state index is 0.0936. The summed E-state index contributed by atoms with van der Waals surface area (Å²) in [6, 6.07) is 18.9. The minimum absolute atomic E-state index is 0.0936. The summed E-state index contributed by atoms with van der Waals surface area (Å²) in [6.45, 7) is 0. The highest BCUT2D eigenvalue weighted by Gasteiger charge is 2.10. The largest absolute Gasteiger partial charge is 0.117 e. The molecular weight excluding hydrogens is 232 g/mol. The van der Waals surface area contributed by atoms with Gasteiger partial charge in [-0.3, -0.25) is 0 Å². The van der Waals surface area contributed by atoms with Gasteiger partial charge in [0.05, 0.1) is 5.38 Å². The van der Waals surface area contributed by atoms with Gasteiger partial charge in [0.2, 0.25) is 0 Å². The Morgan fingerprint density at radius 1 is 0.938 bits per heavy atom. The van der Waals surface area contributed by atoms with E-state index in [0.717, 1.165) is 16.7 Å². The summed E-state index contributed by atoms with van der Waals surface area (Å²) in [5, 5.41) is 1.49. The summed E-state index contributed by atoms with van der Waals surface area (Å²) in [4.78, 5) is 0. The SMILES string of the molecule is [SiH3]c1ccccc1C(Cl)Cc1ccccc1. The molecule has 0 saturated carbocycles. The quantitative estimate of drug-likeness (QED) is 0.576. The fraction of sp³-hybridized carbons (Fsp3) is 0.143. The molecule has 82 valence electrons. The van der Waals surface area contributed by atoms with Crippen LogP contribution in [0.4, 0.5) is 0 Å². The fourth-order valence-electron chi connectivity index (χ4n) is 1.87. The lowest BCUT2D eigenvalue weighted by atomic mass is 10.0. The maximum atomic E-state index is 6.47. The van der Waals surface area contributed by atoms with Gasteiger partial charge in [-0.2, -0.15) is 0 Å². The van der Waals surface area contributed by atoms with Crippen LogP contribution in [0.3, 0.4) is 0 Å². The van der Waals surface area contributed by atoms with Gasteiger partial charge in [-0.1, -0.05) is 59.8 Å². The number of hydrogen-bond acceptors (Lipinski definition) is 0. The third-order valence-electron chi connectivity index (χ3n) is 2.78. The molecule has 0 radical (unpaired) electrons. The Hall–Kier alpha value is -1.05. The van der Waals surface area contributed by atoms with E-state index in [1.165, 1.54) is 16.3 Å². The molecule has 0 bridgehead atoms. The van der Waals surface area contributed by atoms with Gasteiger partial charge in [0.1, 0.15) is 0 Å². The zero-order valence-electron chi connectivity index (χ0n) is 9.36. The highest BCUT2D eigenvalue weighted by Crippen LogP contribution is 2.23. The second-order valence-corrected chi connectivity index (χ2v) is 5.62. The van der Waals surface area contributed by atoms with Crippen LogP contribution < -0.4 is 5.19 Å². The van der Waals surface area contributed by atoms with Gasteiger partial charge in [-0.25, -0.2) is 0 Å². The molecule has 0 aliphatic rings. The topological polar surface area (TPSA) is 0 Å². The van der Waals surface area contributed by atoms with Crippen LogP contribution in [0.5, 0.6) is 0 Å². The Morgan fingerprint density at radius 2 is 1.56 bits per heavy atom. The monoisotopic (exact) mass is 246 g/mol. The molecule has 2 aromatic rings. The second-order valence-electron chi connectivity index (χ2n) is 4.01. The van der Waals surface area contributed by atoms with Crippen molar-refractivity contribution >= 4 is 27.0 Å². The molecule has 0 heterocycles. The summed E-state index contributed by atoms with van der Waals surface area (Å²) in [5.41, 5.74) is 2.59. The lowest BCUT2D eigenvalue weighted by Crippen LogP contribution is -2.12. The molecule has 2 aromatic carbocycles. The van der Waals surface area contributed by atoms with Crippen LogP contribution in [0.1, 0.15) is 16.5 Å². The first-order valence-electron chi connectivity index (χ1n) is 5.51. The van der Waals surface area contributed by atoms with Crippen molar-refractivity contribution in [2.75, 3.05) is 0 Å². The first-order chi connectivity index (χ1) is 7.77. The van der Waals surface area contributed by atoms with E-state index in [1.54, 1.807) is 0 Å². The van der Waals surface area contributed by atoms with Gasteiger partial charge in [0.15, 0.2) is 0 Å². The van der Waals surface area contributed by atoms with Crippen LogP contribution >= 0.6 is 11.6 Å². The summed E-state index contributed by atoms with van der Waals surface area (Å²) in [7, 11) is 1.06. The first kappa shape index (κ1) is 11.4. The van der Waals surface area contributed by atoms with Crippen LogP contribution in [0.25, 0.3) is 0 Å². The van der Waals surface area contributed by atoms with Gasteiger partial charge < -0.3 is 0 Å². The summed E-state index contributed by atoms with van der Waals surface area (Å²) >= 11 is 6.47. The zero-order chi connectivity index (χ0) is 11.4. The lowest BCUT2D eigenvalue weighted by molar-refractivity contribution is 0.926. The molecule has 0 nitrogen and oxygen atoms in total. The second kappa shape index (κ2) is 5.33. The molecule has 0 spiro atoms. The normalized spacial score (nSPS) is 12.6. The lowest BCUT2D eigenvalue weighted by Gasteiger charge is -2.12. The molecule has 0 saturated heterocycles. The predicted molar refractivity (Wildman–Crippen MR) is 74.8 cm³/mol. The Morgan fingerprint density at radius 3 is 2.25 bits per heavy atom. The maximum absolute atomic E-state index is 6.47. The molecule has 16 heavy (non-hydrogen) atoms. The molecule has 0 amide bonds. The summed E-state index contributed by atoms with van der Waals surface area (Å²) in [5.74, 6) is 0. The molecular formula is C14H15ClSi. The van der Waals surface area contributed by atoms with E-state index in [2.05, 4.69) is 48.5 Å². The minimum Gasteiger partial charge on any atom is -0.117 e. The smallest absolute Gasteiger partial charge is 0.0624 e. The Balaban J connectivity index is 2.15. The third kappa shape index (κ3) is 2.74. The van der Waals surface area contributed by atoms with Gasteiger partial charge in [-0.15, -0.1) is 11.6 Å². The Bertz CT molecular complexity index is 453. The van der Waals surface area contributed by atoms with E-state index in [-0.39, 0.29) is 5.38 Å². The number of halogens is 1. The maximum Gasteiger partial charge on any atom is 0.0624 e. The summed E-state index contributed by atoms with van der Waals surface area (Å²) < 4.78 is 0. The van der Waals surface area contributed by atoms with Crippen molar-refractivity contribution in [1.82, 2.24) is 0 Å². The highest BCUT2D eigenvalue weighted by molar-refractivity contribution is 6.34. The van der Waals surface area contributed by atoms with Crippen molar-refractivity contribution in [1.29, 1.82) is 0 Å². The van der Waals surface area contributed by atoms with Gasteiger partial charge in [0.25, 0.3) is 0 Å². The van der Waals surface area contributed by atoms with Crippen molar-refractivity contribution in [3.63, 3.8) is 0 Å². The Kier molecular flexibility index (Phi) is 3.81. The number of rotatable bonds is 3. The third-order valence-corrected chi connectivity index (χ3v) is 4.08. The average Bonchev–Trinajstić information content (AvgIpc) is 2.31. The van der Waals surface area contributed by atoms with E-state index in [1.807, 2.05) is 6.07 Å². The molecule has 0 fully saturated rings. The average molecular weight is 247 g/mol. The van der Waals surface area contributed by atoms with E-state index < -0.39 is 0 Å². The Labute approximate surface area is 105 Å². The van der Waals surface area contributed by atoms with Crippen molar-refractivity contribution in [2.24, 2.45) is 0 Å². The molecule has 0 aliphatic carbocycles. The van der Waals surface area contributed by atoms with Gasteiger partial charge in [0, 0.05) is 10.2 Å². The van der Waals surface area contributed by atoms with Crippen molar-refractivity contribution in [3.05, 3.63) is 65.7 Å². The molecule has 2 heteroatoms. The van der Waals surface area contributed by atoms with Gasteiger partial charge >= 0.3 is 0 Å². The van der Waals surface area contributed by atoms with Crippen LogP contribution in [0.2, 0.25) is 0 Å². The van der Waals surface area contributed by atoms with E-state index >= 15 is 0 Å². The summed E-state index contributed by atoms with van der Waals surface area (Å²) in [6.07, 6.45) is 0.904. The molecule has 0 N–H and O–H groups in total. The van der Waals surface area contributed by atoms with Crippen LogP contribution in [0, 0.1) is 0 Å².